The molecule has 0 heterocycles. The summed E-state index contributed by atoms with van der Waals surface area (Å²) in [5.74, 6) is -0.356. The third-order valence-electron chi connectivity index (χ3n) is 1.55. The van der Waals surface area contributed by atoms with Crippen LogP contribution in [-0.2, 0) is 14.3 Å². The first-order valence-electron chi connectivity index (χ1n) is 4.93. The molecule has 0 saturated carbocycles. The van der Waals surface area contributed by atoms with Crippen LogP contribution in [0.5, 0.6) is 0 Å². The minimum absolute atomic E-state index is 0.186. The number of carbonyl (C=O) groups excluding carboxylic acids is 1. The highest BCUT2D eigenvalue weighted by atomic mass is 16.5. The number of carbonyl (C=O) groups is 1. The smallest absolute Gasteiger partial charge is 0.322 e. The molecule has 0 aliphatic heterocycles. The minimum Gasteiger partial charge on any atom is -0.465 e. The second-order valence-corrected chi connectivity index (χ2v) is 4.11. The van der Waals surface area contributed by atoms with E-state index >= 15 is 0 Å². The third-order valence-corrected chi connectivity index (χ3v) is 1.55. The van der Waals surface area contributed by atoms with Crippen molar-refractivity contribution in [3.63, 3.8) is 0 Å². The van der Waals surface area contributed by atoms with Crippen LogP contribution < -0.4 is 5.73 Å². The van der Waals surface area contributed by atoms with Crippen LogP contribution in [0.25, 0.3) is 0 Å². The van der Waals surface area contributed by atoms with Gasteiger partial charge in [0.1, 0.15) is 6.04 Å². The zero-order chi connectivity index (χ0) is 11.2. The Morgan fingerprint density at radius 3 is 2.43 bits per heavy atom. The fourth-order valence-electron chi connectivity index (χ4n) is 0.859. The van der Waals surface area contributed by atoms with Crippen molar-refractivity contribution < 1.29 is 14.3 Å². The quantitative estimate of drug-likeness (QED) is 0.679. The Balaban J connectivity index is 3.63. The highest BCUT2D eigenvalue weighted by Gasteiger charge is 2.16. The molecule has 0 radical (unpaired) electrons. The summed E-state index contributed by atoms with van der Waals surface area (Å²) < 4.78 is 10.2. The molecule has 0 aliphatic rings. The van der Waals surface area contributed by atoms with Crippen LogP contribution >= 0.6 is 0 Å². The van der Waals surface area contributed by atoms with Crippen molar-refractivity contribution in [1.82, 2.24) is 0 Å². The molecule has 84 valence electrons. The molecule has 1 atom stereocenters. The maximum Gasteiger partial charge on any atom is 0.322 e. The molecule has 1 unspecified atom stereocenters. The second-order valence-electron chi connectivity index (χ2n) is 4.11. The number of rotatable bonds is 5. The fraction of sp³-hybridized carbons (Fsp3) is 0.900. The van der Waals surface area contributed by atoms with Gasteiger partial charge in [-0.2, -0.15) is 0 Å². The first kappa shape index (κ1) is 13.4. The van der Waals surface area contributed by atoms with Gasteiger partial charge in [0.15, 0.2) is 0 Å². The lowest BCUT2D eigenvalue weighted by atomic mass is 10.2. The molecule has 0 aliphatic carbocycles. The first-order valence-corrected chi connectivity index (χ1v) is 4.93. The number of nitrogens with two attached hydrogens (primary N) is 1. The molecule has 14 heavy (non-hydrogen) atoms. The van der Waals surface area contributed by atoms with Crippen LogP contribution in [0.15, 0.2) is 0 Å². The van der Waals surface area contributed by atoms with Gasteiger partial charge in [-0.25, -0.2) is 0 Å². The van der Waals surface area contributed by atoms with Crippen LogP contribution in [0.1, 0.15) is 34.1 Å². The van der Waals surface area contributed by atoms with Crippen LogP contribution in [0, 0.1) is 0 Å². The van der Waals surface area contributed by atoms with Crippen LogP contribution in [0.3, 0.4) is 0 Å². The molecule has 0 aromatic rings. The van der Waals surface area contributed by atoms with Crippen molar-refractivity contribution in [2.75, 3.05) is 13.2 Å². The van der Waals surface area contributed by atoms with Crippen molar-refractivity contribution in [2.45, 2.75) is 45.8 Å². The van der Waals surface area contributed by atoms with E-state index in [9.17, 15) is 4.79 Å². The molecule has 0 fully saturated rings. The van der Waals surface area contributed by atoms with Crippen molar-refractivity contribution in [2.24, 2.45) is 5.73 Å². The fourth-order valence-corrected chi connectivity index (χ4v) is 0.859. The van der Waals surface area contributed by atoms with E-state index in [1.54, 1.807) is 6.92 Å². The SMILES string of the molecule is CCOC(=O)C(N)CCOC(C)(C)C. The lowest BCUT2D eigenvalue weighted by Gasteiger charge is -2.20. The summed E-state index contributed by atoms with van der Waals surface area (Å²) in [5.41, 5.74) is 5.39. The molecule has 2 N–H and O–H groups in total. The molecule has 0 aromatic heterocycles. The van der Waals surface area contributed by atoms with E-state index in [-0.39, 0.29) is 11.6 Å². The highest BCUT2D eigenvalue weighted by Crippen LogP contribution is 2.07. The van der Waals surface area contributed by atoms with Gasteiger partial charge in [0.25, 0.3) is 0 Å². The largest absolute Gasteiger partial charge is 0.465 e. The summed E-state index contributed by atoms with van der Waals surface area (Å²) in [5, 5.41) is 0. The average Bonchev–Trinajstić information content (AvgIpc) is 2.02. The number of hydrogen-bond donors (Lipinski definition) is 1. The summed E-state index contributed by atoms with van der Waals surface area (Å²) in [6.07, 6.45) is 0.496. The zero-order valence-electron chi connectivity index (χ0n) is 9.50. The predicted octanol–water partition coefficient (Wildman–Crippen LogP) is 1.08. The molecule has 4 heteroatoms. The lowest BCUT2D eigenvalue weighted by Crippen LogP contribution is -2.34. The predicted molar refractivity (Wildman–Crippen MR) is 54.9 cm³/mol. The molecule has 0 bridgehead atoms. The van der Waals surface area contributed by atoms with E-state index < -0.39 is 6.04 Å². The Bertz CT molecular complexity index is 175. The maximum absolute atomic E-state index is 11.1. The van der Waals surface area contributed by atoms with Gasteiger partial charge in [-0.1, -0.05) is 0 Å². The Morgan fingerprint density at radius 2 is 2.00 bits per heavy atom. The zero-order valence-corrected chi connectivity index (χ0v) is 9.50. The van der Waals surface area contributed by atoms with E-state index in [2.05, 4.69) is 0 Å². The molecule has 0 rings (SSSR count). The highest BCUT2D eigenvalue weighted by molar-refractivity contribution is 5.75. The molecule has 0 spiro atoms. The molecular formula is C10H21NO3. The van der Waals surface area contributed by atoms with E-state index in [0.29, 0.717) is 19.6 Å². The molecule has 0 saturated heterocycles. The first-order chi connectivity index (χ1) is 6.37. The van der Waals surface area contributed by atoms with Gasteiger partial charge < -0.3 is 15.2 Å². The summed E-state index contributed by atoms with van der Waals surface area (Å²) in [6, 6.07) is -0.572. The second kappa shape index (κ2) is 5.98. The topological polar surface area (TPSA) is 61.5 Å². The number of ether oxygens (including phenoxy) is 2. The van der Waals surface area contributed by atoms with Crippen LogP contribution in [0.4, 0.5) is 0 Å². The van der Waals surface area contributed by atoms with Gasteiger partial charge in [-0.05, 0) is 34.1 Å². The normalized spacial score (nSPS) is 13.8. The maximum atomic E-state index is 11.1. The Kier molecular flexibility index (Phi) is 5.72. The van der Waals surface area contributed by atoms with Crippen molar-refractivity contribution >= 4 is 5.97 Å². The Morgan fingerprint density at radius 1 is 1.43 bits per heavy atom. The Labute approximate surface area is 85.8 Å². The third kappa shape index (κ3) is 6.86. The van der Waals surface area contributed by atoms with Gasteiger partial charge in [0.05, 0.1) is 12.2 Å². The molecule has 0 amide bonds. The molecular weight excluding hydrogens is 182 g/mol. The van der Waals surface area contributed by atoms with Gasteiger partial charge >= 0.3 is 5.97 Å². The monoisotopic (exact) mass is 203 g/mol. The van der Waals surface area contributed by atoms with Crippen LogP contribution in [-0.4, -0.2) is 30.8 Å². The van der Waals surface area contributed by atoms with Crippen molar-refractivity contribution in [3.8, 4) is 0 Å². The van der Waals surface area contributed by atoms with Crippen LogP contribution in [0.2, 0.25) is 0 Å². The lowest BCUT2D eigenvalue weighted by molar-refractivity contribution is -0.145. The summed E-state index contributed by atoms with van der Waals surface area (Å²) in [4.78, 5) is 11.1. The number of hydrogen-bond acceptors (Lipinski definition) is 4. The average molecular weight is 203 g/mol. The van der Waals surface area contributed by atoms with E-state index in [1.807, 2.05) is 20.8 Å². The van der Waals surface area contributed by atoms with E-state index in [1.165, 1.54) is 0 Å². The summed E-state index contributed by atoms with van der Waals surface area (Å²) in [6.45, 7) is 8.49. The Hall–Kier alpha value is -0.610. The molecule has 0 aromatic carbocycles. The molecule has 4 nitrogen and oxygen atoms in total. The summed E-state index contributed by atoms with van der Waals surface area (Å²) in [7, 11) is 0. The van der Waals surface area contributed by atoms with E-state index in [0.717, 1.165) is 0 Å². The van der Waals surface area contributed by atoms with E-state index in [4.69, 9.17) is 15.2 Å². The van der Waals surface area contributed by atoms with Crippen molar-refractivity contribution in [3.05, 3.63) is 0 Å². The van der Waals surface area contributed by atoms with Crippen molar-refractivity contribution in [1.29, 1.82) is 0 Å². The summed E-state index contributed by atoms with van der Waals surface area (Å²) >= 11 is 0. The standard InChI is InChI=1S/C10H21NO3/c1-5-13-9(12)8(11)6-7-14-10(2,3)4/h8H,5-7,11H2,1-4H3. The van der Waals surface area contributed by atoms with Gasteiger partial charge in [0.2, 0.25) is 0 Å². The minimum atomic E-state index is -0.572. The van der Waals surface area contributed by atoms with Gasteiger partial charge in [-0.15, -0.1) is 0 Å². The van der Waals surface area contributed by atoms with Gasteiger partial charge in [-0.3, -0.25) is 4.79 Å². The number of esters is 1. The van der Waals surface area contributed by atoms with Gasteiger partial charge in [0, 0.05) is 6.61 Å².